The lowest BCUT2D eigenvalue weighted by Crippen LogP contribution is -2.21. The minimum atomic E-state index is -4.33. The molecule has 14 heavy (non-hydrogen) atoms. The lowest BCUT2D eigenvalue weighted by molar-refractivity contribution is -0.137. The lowest BCUT2D eigenvalue weighted by Gasteiger charge is -2.12. The van der Waals surface area contributed by atoms with Crippen molar-refractivity contribution in [3.63, 3.8) is 0 Å². The van der Waals surface area contributed by atoms with Crippen LogP contribution in [-0.4, -0.2) is 6.54 Å². The first-order valence-corrected chi connectivity index (χ1v) is 4.08. The summed E-state index contributed by atoms with van der Waals surface area (Å²) in [5.41, 5.74) is 10.5. The first-order valence-electron chi connectivity index (χ1n) is 4.08. The van der Waals surface area contributed by atoms with Crippen molar-refractivity contribution in [2.75, 3.05) is 6.54 Å². The third-order valence-corrected chi connectivity index (χ3v) is 1.90. The maximum absolute atomic E-state index is 12.3. The second-order valence-corrected chi connectivity index (χ2v) is 2.97. The Morgan fingerprint density at radius 2 is 1.93 bits per heavy atom. The molecule has 2 nitrogen and oxygen atoms in total. The standard InChI is InChI=1S/C9H11F3N2/c10-9(11,12)7-3-1-2-6(4-7)8(14)5-13/h1-4,8H,5,13-14H2/t8-/m1/s1. The molecule has 0 heterocycles. The van der Waals surface area contributed by atoms with Gasteiger partial charge >= 0.3 is 6.18 Å². The van der Waals surface area contributed by atoms with E-state index < -0.39 is 17.8 Å². The van der Waals surface area contributed by atoms with Crippen LogP contribution in [0.2, 0.25) is 0 Å². The SMILES string of the molecule is NC[C@@H](N)c1cccc(C(F)(F)F)c1. The van der Waals surface area contributed by atoms with E-state index in [4.69, 9.17) is 11.5 Å². The predicted octanol–water partition coefficient (Wildman–Crippen LogP) is 1.66. The van der Waals surface area contributed by atoms with Crippen LogP contribution in [0.5, 0.6) is 0 Å². The molecule has 0 saturated carbocycles. The average Bonchev–Trinajstić information content (AvgIpc) is 2.15. The molecule has 78 valence electrons. The van der Waals surface area contributed by atoms with Crippen LogP contribution in [0.3, 0.4) is 0 Å². The number of hydrogen-bond donors (Lipinski definition) is 2. The zero-order valence-corrected chi connectivity index (χ0v) is 7.38. The van der Waals surface area contributed by atoms with Crippen LogP contribution in [0.1, 0.15) is 17.2 Å². The van der Waals surface area contributed by atoms with Gasteiger partial charge in [0.1, 0.15) is 0 Å². The molecule has 0 aliphatic rings. The molecule has 1 aromatic rings. The molecule has 0 amide bonds. The first kappa shape index (κ1) is 11.0. The fraction of sp³-hybridized carbons (Fsp3) is 0.333. The van der Waals surface area contributed by atoms with E-state index in [2.05, 4.69) is 0 Å². The van der Waals surface area contributed by atoms with Crippen molar-refractivity contribution in [1.29, 1.82) is 0 Å². The fourth-order valence-corrected chi connectivity index (χ4v) is 1.08. The van der Waals surface area contributed by atoms with E-state index in [-0.39, 0.29) is 6.54 Å². The highest BCUT2D eigenvalue weighted by Gasteiger charge is 2.30. The maximum atomic E-state index is 12.3. The third-order valence-electron chi connectivity index (χ3n) is 1.90. The van der Waals surface area contributed by atoms with Gasteiger partial charge in [-0.1, -0.05) is 12.1 Å². The lowest BCUT2D eigenvalue weighted by atomic mass is 10.0. The number of hydrogen-bond acceptors (Lipinski definition) is 2. The van der Waals surface area contributed by atoms with E-state index in [1.54, 1.807) is 0 Å². The summed E-state index contributed by atoms with van der Waals surface area (Å²) in [6.07, 6.45) is -4.33. The summed E-state index contributed by atoms with van der Waals surface area (Å²) in [6, 6.07) is 4.35. The molecule has 0 fully saturated rings. The Labute approximate surface area is 79.7 Å². The Morgan fingerprint density at radius 3 is 2.43 bits per heavy atom. The normalized spacial score (nSPS) is 14.1. The van der Waals surface area contributed by atoms with E-state index in [0.717, 1.165) is 12.1 Å². The van der Waals surface area contributed by atoms with Crippen LogP contribution < -0.4 is 11.5 Å². The summed E-state index contributed by atoms with van der Waals surface area (Å²) >= 11 is 0. The number of benzene rings is 1. The van der Waals surface area contributed by atoms with Crippen LogP contribution in [0.25, 0.3) is 0 Å². The zero-order valence-electron chi connectivity index (χ0n) is 7.38. The van der Waals surface area contributed by atoms with Gasteiger partial charge in [0.15, 0.2) is 0 Å². The molecule has 0 spiro atoms. The van der Waals surface area contributed by atoms with E-state index in [1.165, 1.54) is 12.1 Å². The molecular weight excluding hydrogens is 193 g/mol. The fourth-order valence-electron chi connectivity index (χ4n) is 1.08. The van der Waals surface area contributed by atoms with Crippen molar-refractivity contribution in [2.24, 2.45) is 11.5 Å². The van der Waals surface area contributed by atoms with Gasteiger partial charge in [-0.25, -0.2) is 0 Å². The van der Waals surface area contributed by atoms with Crippen molar-refractivity contribution >= 4 is 0 Å². The van der Waals surface area contributed by atoms with E-state index in [0.29, 0.717) is 5.56 Å². The topological polar surface area (TPSA) is 52.0 Å². The van der Waals surface area contributed by atoms with Crippen molar-refractivity contribution in [3.05, 3.63) is 35.4 Å². The van der Waals surface area contributed by atoms with Crippen LogP contribution in [0, 0.1) is 0 Å². The van der Waals surface area contributed by atoms with Crippen LogP contribution >= 0.6 is 0 Å². The van der Waals surface area contributed by atoms with Crippen molar-refractivity contribution in [2.45, 2.75) is 12.2 Å². The number of halogens is 3. The van der Waals surface area contributed by atoms with Gasteiger partial charge in [-0.15, -0.1) is 0 Å². The summed E-state index contributed by atoms with van der Waals surface area (Å²) in [7, 11) is 0. The molecule has 0 bridgehead atoms. The quantitative estimate of drug-likeness (QED) is 0.769. The maximum Gasteiger partial charge on any atom is 0.416 e. The molecule has 1 atom stereocenters. The Balaban J connectivity index is 3.01. The van der Waals surface area contributed by atoms with E-state index >= 15 is 0 Å². The molecule has 0 radical (unpaired) electrons. The van der Waals surface area contributed by atoms with Crippen LogP contribution in [0.4, 0.5) is 13.2 Å². The summed E-state index contributed by atoms with van der Waals surface area (Å²) in [4.78, 5) is 0. The van der Waals surface area contributed by atoms with Gasteiger partial charge < -0.3 is 11.5 Å². The molecule has 0 saturated heterocycles. The minimum absolute atomic E-state index is 0.126. The Morgan fingerprint density at radius 1 is 1.29 bits per heavy atom. The van der Waals surface area contributed by atoms with Gasteiger partial charge in [0.05, 0.1) is 5.56 Å². The molecule has 4 N–H and O–H groups in total. The van der Waals surface area contributed by atoms with Gasteiger partial charge in [0.2, 0.25) is 0 Å². The number of rotatable bonds is 2. The highest BCUT2D eigenvalue weighted by molar-refractivity contribution is 5.27. The molecule has 0 aromatic heterocycles. The Bertz CT molecular complexity index is 309. The second kappa shape index (κ2) is 3.98. The molecule has 0 aliphatic heterocycles. The smallest absolute Gasteiger partial charge is 0.329 e. The van der Waals surface area contributed by atoms with Gasteiger partial charge in [0, 0.05) is 12.6 Å². The summed E-state index contributed by atoms with van der Waals surface area (Å²) in [5, 5.41) is 0. The summed E-state index contributed by atoms with van der Waals surface area (Å²) in [6.45, 7) is 0.126. The monoisotopic (exact) mass is 204 g/mol. The second-order valence-electron chi connectivity index (χ2n) is 2.97. The third kappa shape index (κ3) is 2.46. The largest absolute Gasteiger partial charge is 0.416 e. The van der Waals surface area contributed by atoms with Crippen LogP contribution in [0.15, 0.2) is 24.3 Å². The highest BCUT2D eigenvalue weighted by Crippen LogP contribution is 2.30. The van der Waals surface area contributed by atoms with Gasteiger partial charge in [-0.3, -0.25) is 0 Å². The average molecular weight is 204 g/mol. The first-order chi connectivity index (χ1) is 6.45. The van der Waals surface area contributed by atoms with Gasteiger partial charge in [-0.2, -0.15) is 13.2 Å². The number of nitrogens with two attached hydrogens (primary N) is 2. The van der Waals surface area contributed by atoms with Crippen molar-refractivity contribution < 1.29 is 13.2 Å². The Hall–Kier alpha value is -1.07. The molecule has 1 aromatic carbocycles. The predicted molar refractivity (Wildman–Crippen MR) is 47.4 cm³/mol. The Kier molecular flexibility index (Phi) is 3.13. The minimum Gasteiger partial charge on any atom is -0.329 e. The summed E-state index contributed by atoms with van der Waals surface area (Å²) < 4.78 is 36.8. The van der Waals surface area contributed by atoms with Gasteiger partial charge in [0.25, 0.3) is 0 Å². The highest BCUT2D eigenvalue weighted by atomic mass is 19.4. The molecular formula is C9H11F3N2. The van der Waals surface area contributed by atoms with E-state index in [1.807, 2.05) is 0 Å². The van der Waals surface area contributed by atoms with Crippen molar-refractivity contribution in [3.8, 4) is 0 Å². The summed E-state index contributed by atoms with van der Waals surface area (Å²) in [5.74, 6) is 0. The zero-order chi connectivity index (χ0) is 10.8. The molecule has 1 rings (SSSR count). The molecule has 0 aliphatic carbocycles. The van der Waals surface area contributed by atoms with Crippen LogP contribution in [-0.2, 0) is 6.18 Å². The number of alkyl halides is 3. The van der Waals surface area contributed by atoms with Crippen molar-refractivity contribution in [1.82, 2.24) is 0 Å². The van der Waals surface area contributed by atoms with E-state index in [9.17, 15) is 13.2 Å². The molecule has 5 heteroatoms. The molecule has 0 unspecified atom stereocenters. The van der Waals surface area contributed by atoms with Gasteiger partial charge in [-0.05, 0) is 17.7 Å².